The lowest BCUT2D eigenvalue weighted by Crippen LogP contribution is -2.31. The van der Waals surface area contributed by atoms with E-state index in [2.05, 4.69) is 5.32 Å². The van der Waals surface area contributed by atoms with Gasteiger partial charge in [0.05, 0.1) is 11.8 Å². The Morgan fingerprint density at radius 2 is 1.85 bits per heavy atom. The molecule has 8 nitrogen and oxygen atoms in total. The predicted octanol–water partition coefficient (Wildman–Crippen LogP) is 3.90. The van der Waals surface area contributed by atoms with Crippen LogP contribution in [0.5, 0.6) is 0 Å². The first-order valence-electron chi connectivity index (χ1n) is 10.8. The molecule has 4 rings (SSSR count). The van der Waals surface area contributed by atoms with Gasteiger partial charge < -0.3 is 14.6 Å². The van der Waals surface area contributed by atoms with E-state index in [0.29, 0.717) is 24.2 Å². The van der Waals surface area contributed by atoms with Crippen LogP contribution in [0.1, 0.15) is 40.1 Å². The minimum Gasteiger partial charge on any atom is -0.472 e. The molecule has 178 valence electrons. The average molecular weight is 486 g/mol. The van der Waals surface area contributed by atoms with Gasteiger partial charge in [-0.25, -0.2) is 12.8 Å². The molecule has 1 aliphatic rings. The van der Waals surface area contributed by atoms with E-state index in [4.69, 9.17) is 4.42 Å². The van der Waals surface area contributed by atoms with Crippen LogP contribution in [0, 0.1) is 5.82 Å². The van der Waals surface area contributed by atoms with Crippen molar-refractivity contribution in [3.63, 3.8) is 0 Å². The van der Waals surface area contributed by atoms with Crippen molar-refractivity contribution >= 4 is 33.2 Å². The highest BCUT2D eigenvalue weighted by molar-refractivity contribution is 7.89. The number of hydrogen-bond acceptors (Lipinski definition) is 5. The van der Waals surface area contributed by atoms with Crippen molar-refractivity contribution in [1.29, 1.82) is 0 Å². The Morgan fingerprint density at radius 1 is 1.09 bits per heavy atom. The van der Waals surface area contributed by atoms with E-state index in [0.717, 1.165) is 27.7 Å². The maximum atomic E-state index is 14.4. The molecular formula is C24H24FN3O5S. The van der Waals surface area contributed by atoms with E-state index in [9.17, 15) is 22.4 Å². The molecule has 34 heavy (non-hydrogen) atoms. The van der Waals surface area contributed by atoms with Gasteiger partial charge in [0.1, 0.15) is 17.0 Å². The largest absolute Gasteiger partial charge is 0.472 e. The summed E-state index contributed by atoms with van der Waals surface area (Å²) in [5, 5.41) is 2.73. The van der Waals surface area contributed by atoms with Crippen molar-refractivity contribution < 1.29 is 26.8 Å². The molecule has 0 radical (unpaired) electrons. The SMILES string of the molecule is CCN(CC)S(=O)(=O)c1cc(C(=O)Nc2ccc3c(c2)CCN3C(=O)c2ccoc2)ccc1F. The van der Waals surface area contributed by atoms with Gasteiger partial charge in [-0.3, -0.25) is 9.59 Å². The van der Waals surface area contributed by atoms with Gasteiger partial charge >= 0.3 is 0 Å². The van der Waals surface area contributed by atoms with Crippen LogP contribution in [0.4, 0.5) is 15.8 Å². The summed E-state index contributed by atoms with van der Waals surface area (Å²) in [7, 11) is -4.07. The Labute approximate surface area is 197 Å². The highest BCUT2D eigenvalue weighted by atomic mass is 32.2. The standard InChI is InChI=1S/C24H24FN3O5S/c1-3-27(4-2)34(31,32)22-14-17(5-7-20(22)25)23(29)26-19-6-8-21-16(13-19)9-11-28(21)24(30)18-10-12-33-15-18/h5-8,10,12-15H,3-4,9,11H2,1-2H3,(H,26,29). The predicted molar refractivity (Wildman–Crippen MR) is 125 cm³/mol. The summed E-state index contributed by atoms with van der Waals surface area (Å²) in [6.45, 7) is 4.19. The van der Waals surface area contributed by atoms with E-state index in [1.54, 1.807) is 43.0 Å². The van der Waals surface area contributed by atoms with Crippen LogP contribution in [0.25, 0.3) is 0 Å². The summed E-state index contributed by atoms with van der Waals surface area (Å²) >= 11 is 0. The Hall–Kier alpha value is -3.50. The van der Waals surface area contributed by atoms with Crippen LogP contribution in [0.15, 0.2) is 64.3 Å². The number of amides is 2. The van der Waals surface area contributed by atoms with Crippen molar-refractivity contribution in [3.8, 4) is 0 Å². The van der Waals surface area contributed by atoms with E-state index in [-0.39, 0.29) is 24.6 Å². The third-order valence-corrected chi connectivity index (χ3v) is 7.83. The third-order valence-electron chi connectivity index (χ3n) is 5.76. The fourth-order valence-corrected chi connectivity index (χ4v) is 5.53. The first kappa shape index (κ1) is 23.7. The van der Waals surface area contributed by atoms with Crippen molar-refractivity contribution in [2.45, 2.75) is 25.2 Å². The second kappa shape index (κ2) is 9.40. The summed E-state index contributed by atoms with van der Waals surface area (Å²) in [5.74, 6) is -1.65. The molecule has 0 atom stereocenters. The quantitative estimate of drug-likeness (QED) is 0.547. The topological polar surface area (TPSA) is 99.9 Å². The fourth-order valence-electron chi connectivity index (χ4n) is 3.98. The summed E-state index contributed by atoms with van der Waals surface area (Å²) in [4.78, 5) is 26.6. The third kappa shape index (κ3) is 4.34. The number of benzene rings is 2. The molecular weight excluding hydrogens is 461 g/mol. The van der Waals surface area contributed by atoms with Gasteiger partial charge in [-0.2, -0.15) is 4.31 Å². The molecule has 3 aromatic rings. The Bertz CT molecular complexity index is 1330. The molecule has 0 saturated heterocycles. The number of carbonyl (C=O) groups is 2. The number of rotatable bonds is 7. The molecule has 1 aliphatic heterocycles. The highest BCUT2D eigenvalue weighted by Gasteiger charge is 2.28. The number of hydrogen-bond donors (Lipinski definition) is 1. The molecule has 1 aromatic heterocycles. The Morgan fingerprint density at radius 3 is 2.53 bits per heavy atom. The van der Waals surface area contributed by atoms with Gasteiger partial charge in [0, 0.05) is 36.6 Å². The summed E-state index contributed by atoms with van der Waals surface area (Å²) in [5.41, 5.74) is 2.59. The minimum atomic E-state index is -4.07. The number of carbonyl (C=O) groups excluding carboxylic acids is 2. The number of sulfonamides is 1. The van der Waals surface area contributed by atoms with E-state index in [1.807, 2.05) is 0 Å². The monoisotopic (exact) mass is 485 g/mol. The van der Waals surface area contributed by atoms with Crippen LogP contribution in [-0.2, 0) is 16.4 Å². The smallest absolute Gasteiger partial charge is 0.261 e. The minimum absolute atomic E-state index is 0.0180. The lowest BCUT2D eigenvalue weighted by Gasteiger charge is -2.19. The molecule has 2 aromatic carbocycles. The molecule has 0 spiro atoms. The van der Waals surface area contributed by atoms with E-state index < -0.39 is 26.6 Å². The van der Waals surface area contributed by atoms with Crippen molar-refractivity contribution in [3.05, 3.63) is 77.5 Å². The first-order chi connectivity index (χ1) is 16.3. The molecule has 0 fully saturated rings. The normalized spacial score (nSPS) is 13.2. The lowest BCUT2D eigenvalue weighted by atomic mass is 10.1. The van der Waals surface area contributed by atoms with Crippen LogP contribution < -0.4 is 10.2 Å². The highest BCUT2D eigenvalue weighted by Crippen LogP contribution is 2.32. The molecule has 10 heteroatoms. The zero-order valence-electron chi connectivity index (χ0n) is 18.7. The van der Waals surface area contributed by atoms with Crippen molar-refractivity contribution in [1.82, 2.24) is 4.31 Å². The van der Waals surface area contributed by atoms with Crippen LogP contribution in [-0.4, -0.2) is 44.2 Å². The number of fused-ring (bicyclic) bond motifs is 1. The maximum Gasteiger partial charge on any atom is 0.261 e. The number of nitrogens with zero attached hydrogens (tertiary/aromatic N) is 2. The summed E-state index contributed by atoms with van der Waals surface area (Å²) < 4.78 is 46.0. The average Bonchev–Trinajstić information content (AvgIpc) is 3.49. The zero-order valence-corrected chi connectivity index (χ0v) is 19.6. The summed E-state index contributed by atoms with van der Waals surface area (Å²) in [6, 6.07) is 10.1. The number of furan rings is 1. The molecule has 0 bridgehead atoms. The first-order valence-corrected chi connectivity index (χ1v) is 12.3. The van der Waals surface area contributed by atoms with Crippen molar-refractivity contribution in [2.75, 3.05) is 29.9 Å². The molecule has 0 aliphatic carbocycles. The van der Waals surface area contributed by atoms with E-state index in [1.165, 1.54) is 18.6 Å². The van der Waals surface area contributed by atoms with Crippen LogP contribution >= 0.6 is 0 Å². The van der Waals surface area contributed by atoms with Gasteiger partial charge in [0.2, 0.25) is 10.0 Å². The number of nitrogens with one attached hydrogen (secondary N) is 1. The number of halogens is 1. The van der Waals surface area contributed by atoms with Crippen molar-refractivity contribution in [2.24, 2.45) is 0 Å². The zero-order chi connectivity index (χ0) is 24.5. The molecule has 0 saturated carbocycles. The second-order valence-corrected chi connectivity index (χ2v) is 9.66. The van der Waals surface area contributed by atoms with Crippen LogP contribution in [0.3, 0.4) is 0 Å². The maximum absolute atomic E-state index is 14.4. The Kier molecular flexibility index (Phi) is 6.54. The lowest BCUT2D eigenvalue weighted by molar-refractivity contribution is 0.0987. The van der Waals surface area contributed by atoms with Gasteiger partial charge in [0.25, 0.3) is 11.8 Å². The molecule has 0 unspecified atom stereocenters. The van der Waals surface area contributed by atoms with Gasteiger partial charge in [-0.1, -0.05) is 13.8 Å². The van der Waals surface area contributed by atoms with Gasteiger partial charge in [-0.05, 0) is 54.4 Å². The van der Waals surface area contributed by atoms with Gasteiger partial charge in [-0.15, -0.1) is 0 Å². The Balaban J connectivity index is 1.55. The summed E-state index contributed by atoms with van der Waals surface area (Å²) in [6.07, 6.45) is 3.45. The number of anilines is 2. The second-order valence-electron chi connectivity index (χ2n) is 7.75. The molecule has 2 amide bonds. The molecule has 2 heterocycles. The molecule has 1 N–H and O–H groups in total. The van der Waals surface area contributed by atoms with Crippen LogP contribution in [0.2, 0.25) is 0 Å². The fraction of sp³-hybridized carbons (Fsp3) is 0.250. The van der Waals surface area contributed by atoms with Gasteiger partial charge in [0.15, 0.2) is 0 Å². The van der Waals surface area contributed by atoms with E-state index >= 15 is 0 Å².